The van der Waals surface area contributed by atoms with Crippen LogP contribution in [0.4, 0.5) is 0 Å². The molecule has 0 aromatic heterocycles. The van der Waals surface area contributed by atoms with Crippen molar-refractivity contribution in [1.82, 2.24) is 0 Å². The third-order valence-corrected chi connectivity index (χ3v) is 6.41. The summed E-state index contributed by atoms with van der Waals surface area (Å²) >= 11 is 3.15. The number of esters is 1. The molecule has 0 aliphatic carbocycles. The third kappa shape index (κ3) is 5.91. The molecular weight excluding hydrogens is 407 g/mol. The summed E-state index contributed by atoms with van der Waals surface area (Å²) in [5.41, 5.74) is -0.729. The lowest BCUT2D eigenvalue weighted by Gasteiger charge is -2.26. The van der Waals surface area contributed by atoms with E-state index in [2.05, 4.69) is 15.9 Å². The Morgan fingerprint density at radius 2 is 1.32 bits per heavy atom. The summed E-state index contributed by atoms with van der Waals surface area (Å²) < 4.78 is 28.6. The fourth-order valence-corrected chi connectivity index (χ4v) is 3.81. The Morgan fingerprint density at radius 3 is 1.68 bits per heavy atom. The van der Waals surface area contributed by atoms with Crippen molar-refractivity contribution in [3.63, 3.8) is 0 Å². The van der Waals surface area contributed by atoms with E-state index in [-0.39, 0.29) is 0 Å². The van der Waals surface area contributed by atoms with E-state index >= 15 is 0 Å². The van der Waals surface area contributed by atoms with E-state index in [1.54, 1.807) is 81.4 Å². The van der Waals surface area contributed by atoms with Crippen molar-refractivity contribution in [2.75, 3.05) is 0 Å². The SMILES string of the molecule is CC(C)(C)OC(=O)C(Br)P(=O)(Oc1ccccc1)Oc1ccccc1. The number of rotatable bonds is 6. The third-order valence-electron chi connectivity index (χ3n) is 2.83. The van der Waals surface area contributed by atoms with Crippen LogP contribution in [0.5, 0.6) is 11.5 Å². The second kappa shape index (κ2) is 8.07. The molecule has 0 bridgehead atoms. The maximum absolute atomic E-state index is 13.4. The fraction of sp³-hybridized carbons (Fsp3) is 0.278. The first-order chi connectivity index (χ1) is 11.7. The Bertz CT molecular complexity index is 698. The minimum absolute atomic E-state index is 0.328. The first-order valence-corrected chi connectivity index (χ1v) is 10.2. The zero-order valence-corrected chi connectivity index (χ0v) is 16.7. The zero-order chi connectivity index (χ0) is 18.5. The standard InChI is InChI=1S/C18H20BrO5P/c1-18(2,3)22-17(20)16(19)25(21,23-14-10-6-4-7-11-14)24-15-12-8-5-9-13-15/h4-13,16H,1-3H3. The van der Waals surface area contributed by atoms with Crippen LogP contribution in [0.25, 0.3) is 0 Å². The Labute approximate surface area is 156 Å². The molecule has 25 heavy (non-hydrogen) atoms. The largest absolute Gasteiger partial charge is 0.459 e. The number of benzene rings is 2. The van der Waals surface area contributed by atoms with E-state index in [0.717, 1.165) is 0 Å². The minimum atomic E-state index is -3.95. The number of ether oxygens (including phenoxy) is 1. The van der Waals surface area contributed by atoms with E-state index in [1.807, 2.05) is 0 Å². The molecule has 2 aromatic rings. The number of hydrogen-bond acceptors (Lipinski definition) is 5. The summed E-state index contributed by atoms with van der Waals surface area (Å²) in [7, 11) is -3.95. The van der Waals surface area contributed by atoms with Crippen LogP contribution in [-0.2, 0) is 14.1 Å². The lowest BCUT2D eigenvalue weighted by Crippen LogP contribution is -2.30. The first-order valence-electron chi connectivity index (χ1n) is 7.65. The van der Waals surface area contributed by atoms with E-state index in [9.17, 15) is 9.36 Å². The zero-order valence-electron chi connectivity index (χ0n) is 14.2. The predicted molar refractivity (Wildman–Crippen MR) is 100 cm³/mol. The van der Waals surface area contributed by atoms with Gasteiger partial charge in [0.2, 0.25) is 4.57 Å². The quantitative estimate of drug-likeness (QED) is 0.351. The lowest BCUT2D eigenvalue weighted by atomic mass is 10.2. The Morgan fingerprint density at radius 1 is 0.920 bits per heavy atom. The van der Waals surface area contributed by atoms with Gasteiger partial charge in [-0.05, 0) is 45.0 Å². The number of carbonyl (C=O) groups excluding carboxylic acids is 1. The van der Waals surface area contributed by atoms with Gasteiger partial charge in [-0.2, -0.15) is 0 Å². The summed E-state index contributed by atoms with van der Waals surface area (Å²) in [6.07, 6.45) is 0. The highest BCUT2D eigenvalue weighted by molar-refractivity contribution is 9.11. The summed E-state index contributed by atoms with van der Waals surface area (Å²) in [4.78, 5) is 12.4. The van der Waals surface area contributed by atoms with Crippen molar-refractivity contribution < 1.29 is 23.1 Å². The van der Waals surface area contributed by atoms with Crippen LogP contribution in [0.3, 0.4) is 0 Å². The van der Waals surface area contributed by atoms with Gasteiger partial charge < -0.3 is 13.8 Å². The van der Waals surface area contributed by atoms with Crippen molar-refractivity contribution in [2.24, 2.45) is 0 Å². The van der Waals surface area contributed by atoms with Crippen molar-refractivity contribution in [3.8, 4) is 11.5 Å². The number of carbonyl (C=O) groups is 1. The van der Waals surface area contributed by atoms with Gasteiger partial charge in [-0.3, -0.25) is 4.79 Å². The second-order valence-corrected chi connectivity index (χ2v) is 9.80. The van der Waals surface area contributed by atoms with Gasteiger partial charge in [0.1, 0.15) is 17.1 Å². The Hall–Kier alpha value is -1.78. The second-order valence-electron chi connectivity index (χ2n) is 6.22. The molecule has 2 rings (SSSR count). The van der Waals surface area contributed by atoms with E-state index in [0.29, 0.717) is 11.5 Å². The molecule has 0 fully saturated rings. The van der Waals surface area contributed by atoms with Crippen molar-refractivity contribution in [2.45, 2.75) is 30.9 Å². The van der Waals surface area contributed by atoms with Crippen LogP contribution < -0.4 is 9.05 Å². The number of halogens is 1. The summed E-state index contributed by atoms with van der Waals surface area (Å²) in [6.45, 7) is 5.18. The number of para-hydroxylation sites is 2. The molecule has 0 aliphatic heterocycles. The van der Waals surface area contributed by atoms with Crippen molar-refractivity contribution in [1.29, 1.82) is 0 Å². The van der Waals surface area contributed by atoms with Crippen LogP contribution in [0.15, 0.2) is 60.7 Å². The molecule has 7 heteroatoms. The molecule has 134 valence electrons. The molecule has 0 saturated carbocycles. The summed E-state index contributed by atoms with van der Waals surface area (Å²) in [5, 5.41) is 0. The predicted octanol–water partition coefficient (Wildman–Crippen LogP) is 5.40. The van der Waals surface area contributed by atoms with Gasteiger partial charge in [0.25, 0.3) is 0 Å². The number of alkyl halides is 1. The van der Waals surface area contributed by atoms with Crippen LogP contribution in [0, 0.1) is 0 Å². The van der Waals surface area contributed by atoms with Crippen LogP contribution in [0.2, 0.25) is 0 Å². The molecule has 1 unspecified atom stereocenters. The summed E-state index contributed by atoms with van der Waals surface area (Å²) in [5.74, 6) is -0.0627. The minimum Gasteiger partial charge on any atom is -0.459 e. The molecule has 1 atom stereocenters. The molecule has 0 N–H and O–H groups in total. The van der Waals surface area contributed by atoms with Gasteiger partial charge >= 0.3 is 13.6 Å². The van der Waals surface area contributed by atoms with Crippen LogP contribution in [0.1, 0.15) is 20.8 Å². The Kier molecular flexibility index (Phi) is 6.31. The Balaban J connectivity index is 2.30. The average Bonchev–Trinajstić information content (AvgIpc) is 2.54. The first kappa shape index (κ1) is 19.5. The lowest BCUT2D eigenvalue weighted by molar-refractivity contribution is -0.152. The van der Waals surface area contributed by atoms with E-state index < -0.39 is 23.7 Å². The topological polar surface area (TPSA) is 61.8 Å². The van der Waals surface area contributed by atoms with Gasteiger partial charge in [-0.15, -0.1) is 0 Å². The molecule has 0 spiro atoms. The maximum atomic E-state index is 13.4. The van der Waals surface area contributed by atoms with Crippen molar-refractivity contribution in [3.05, 3.63) is 60.7 Å². The highest BCUT2D eigenvalue weighted by Crippen LogP contribution is 2.55. The monoisotopic (exact) mass is 426 g/mol. The highest BCUT2D eigenvalue weighted by atomic mass is 79.9. The highest BCUT2D eigenvalue weighted by Gasteiger charge is 2.45. The van der Waals surface area contributed by atoms with Gasteiger partial charge in [-0.25, -0.2) is 4.57 Å². The van der Waals surface area contributed by atoms with E-state index in [1.165, 1.54) is 0 Å². The average molecular weight is 427 g/mol. The smallest absolute Gasteiger partial charge is 0.455 e. The fourth-order valence-electron chi connectivity index (χ4n) is 1.85. The molecule has 0 saturated heterocycles. The maximum Gasteiger partial charge on any atom is 0.455 e. The molecule has 2 aromatic carbocycles. The normalized spacial score (nSPS) is 13.0. The van der Waals surface area contributed by atoms with E-state index in [4.69, 9.17) is 13.8 Å². The van der Waals surface area contributed by atoms with Gasteiger partial charge in [0, 0.05) is 0 Å². The number of hydrogen-bond donors (Lipinski definition) is 0. The molecule has 0 heterocycles. The van der Waals surface area contributed by atoms with Gasteiger partial charge in [0.15, 0.2) is 0 Å². The van der Waals surface area contributed by atoms with Gasteiger partial charge in [0.05, 0.1) is 0 Å². The van der Waals surface area contributed by atoms with Crippen LogP contribution >= 0.6 is 23.5 Å². The van der Waals surface area contributed by atoms with Gasteiger partial charge in [-0.1, -0.05) is 52.3 Å². The summed E-state index contributed by atoms with van der Waals surface area (Å²) in [6, 6.07) is 17.1. The molecule has 0 radical (unpaired) electrons. The van der Waals surface area contributed by atoms with Crippen molar-refractivity contribution >= 4 is 29.5 Å². The van der Waals surface area contributed by atoms with Crippen LogP contribution in [-0.4, -0.2) is 16.1 Å². The molecule has 0 amide bonds. The molecule has 0 aliphatic rings. The molecule has 5 nitrogen and oxygen atoms in total. The molecular formula is C18H20BrO5P.